The third-order valence-corrected chi connectivity index (χ3v) is 3.72. The Morgan fingerprint density at radius 2 is 2.15 bits per heavy atom. The predicted molar refractivity (Wildman–Crippen MR) is 100 cm³/mol. The third-order valence-electron chi connectivity index (χ3n) is 3.72. The lowest BCUT2D eigenvalue weighted by Crippen LogP contribution is -2.24. The molecule has 0 aliphatic carbocycles. The quantitative estimate of drug-likeness (QED) is 0.406. The van der Waals surface area contributed by atoms with Crippen molar-refractivity contribution in [2.45, 2.75) is 32.7 Å². The molecule has 0 bridgehead atoms. The second-order valence-corrected chi connectivity index (χ2v) is 5.82. The molecule has 1 aromatic heterocycles. The number of anilines is 1. The molecule has 0 aliphatic rings. The minimum Gasteiger partial charge on any atom is -0.490 e. The fraction of sp³-hybridized carbons (Fsp3) is 0.300. The molecule has 5 nitrogen and oxygen atoms in total. The van der Waals surface area contributed by atoms with Crippen LogP contribution in [-0.4, -0.2) is 17.5 Å². The lowest BCUT2D eigenvalue weighted by Gasteiger charge is -2.09. The molecule has 0 saturated carbocycles. The van der Waals surface area contributed by atoms with Gasteiger partial charge < -0.3 is 15.8 Å². The minimum atomic E-state index is -0.715. The van der Waals surface area contributed by atoms with Gasteiger partial charge in [-0.15, -0.1) is 0 Å². The van der Waals surface area contributed by atoms with Crippen LogP contribution in [0.25, 0.3) is 0 Å². The average Bonchev–Trinajstić information content (AvgIpc) is 2.63. The molecule has 1 heterocycles. The molecule has 0 spiro atoms. The predicted octanol–water partition coefficient (Wildman–Crippen LogP) is 3.86. The Morgan fingerprint density at radius 1 is 1.31 bits per heavy atom. The number of hydrogen-bond donors (Lipinski definition) is 2. The molecule has 0 unspecified atom stereocenters. The maximum atomic E-state index is 13.0. The first kappa shape index (κ1) is 19.4. The van der Waals surface area contributed by atoms with E-state index in [1.165, 1.54) is 18.9 Å². The van der Waals surface area contributed by atoms with Crippen molar-refractivity contribution in [3.8, 4) is 5.75 Å². The first-order chi connectivity index (χ1) is 12.6. The van der Waals surface area contributed by atoms with E-state index < -0.39 is 11.9 Å². The number of carbonyl (C=O) groups excluding carboxylic acids is 1. The lowest BCUT2D eigenvalue weighted by molar-refractivity contribution is 0.0951. The van der Waals surface area contributed by atoms with Crippen LogP contribution in [-0.2, 0) is 6.54 Å². The van der Waals surface area contributed by atoms with Crippen LogP contribution in [0.5, 0.6) is 5.75 Å². The summed E-state index contributed by atoms with van der Waals surface area (Å²) >= 11 is 0. The van der Waals surface area contributed by atoms with Crippen LogP contribution in [0.3, 0.4) is 0 Å². The van der Waals surface area contributed by atoms with Crippen LogP contribution in [0.2, 0.25) is 0 Å². The molecular formula is C20H24FN3O2. The van der Waals surface area contributed by atoms with Crippen molar-refractivity contribution < 1.29 is 13.9 Å². The second-order valence-electron chi connectivity index (χ2n) is 5.82. The number of amides is 1. The first-order valence-electron chi connectivity index (χ1n) is 8.67. The van der Waals surface area contributed by atoms with Crippen molar-refractivity contribution in [2.75, 3.05) is 12.3 Å². The molecule has 1 amide bonds. The van der Waals surface area contributed by atoms with Crippen LogP contribution >= 0.6 is 0 Å². The summed E-state index contributed by atoms with van der Waals surface area (Å²) in [5.41, 5.74) is 6.61. The Morgan fingerprint density at radius 3 is 2.92 bits per heavy atom. The van der Waals surface area contributed by atoms with E-state index in [2.05, 4.69) is 23.3 Å². The van der Waals surface area contributed by atoms with Crippen molar-refractivity contribution in [1.82, 2.24) is 10.3 Å². The van der Waals surface area contributed by atoms with Gasteiger partial charge in [-0.25, -0.2) is 4.98 Å². The molecular weight excluding hydrogens is 333 g/mol. The van der Waals surface area contributed by atoms with Crippen LogP contribution in [0.4, 0.5) is 10.2 Å². The number of hydrogen-bond acceptors (Lipinski definition) is 4. The number of ether oxygens (including phenoxy) is 1. The van der Waals surface area contributed by atoms with Gasteiger partial charge in [0.25, 0.3) is 5.91 Å². The second kappa shape index (κ2) is 10.2. The summed E-state index contributed by atoms with van der Waals surface area (Å²) in [6.07, 6.45) is 7.55. The van der Waals surface area contributed by atoms with Gasteiger partial charge in [0.05, 0.1) is 5.56 Å². The molecule has 0 radical (unpaired) electrons. The minimum absolute atomic E-state index is 0.130. The maximum absolute atomic E-state index is 13.0. The summed E-state index contributed by atoms with van der Waals surface area (Å²) in [5, 5.41) is 2.74. The average molecular weight is 357 g/mol. The molecule has 0 aliphatic heterocycles. The lowest BCUT2D eigenvalue weighted by atomic mass is 10.2. The van der Waals surface area contributed by atoms with Gasteiger partial charge in [-0.05, 0) is 36.2 Å². The summed E-state index contributed by atoms with van der Waals surface area (Å²) in [5.74, 6) is -0.512. The summed E-state index contributed by atoms with van der Waals surface area (Å²) in [6.45, 7) is 2.98. The molecule has 0 saturated heterocycles. The maximum Gasteiger partial charge on any atom is 0.255 e. The molecule has 3 N–H and O–H groups in total. The van der Waals surface area contributed by atoms with Gasteiger partial charge in [0.1, 0.15) is 18.2 Å². The topological polar surface area (TPSA) is 77.2 Å². The summed E-state index contributed by atoms with van der Waals surface area (Å²) < 4.78 is 18.6. The van der Waals surface area contributed by atoms with Crippen molar-refractivity contribution in [1.29, 1.82) is 0 Å². The largest absolute Gasteiger partial charge is 0.490 e. The Bertz CT molecular complexity index is 762. The number of allylic oxidation sites excluding steroid dienone is 1. The van der Waals surface area contributed by atoms with Gasteiger partial charge in [-0.1, -0.05) is 44.1 Å². The first-order valence-corrected chi connectivity index (χ1v) is 8.67. The van der Waals surface area contributed by atoms with Crippen molar-refractivity contribution >= 4 is 11.7 Å². The van der Waals surface area contributed by atoms with Crippen LogP contribution in [0.1, 0.15) is 42.1 Å². The standard InChI is InChI=1S/C20H24FN3O2/c1-2-3-4-5-6-12-26-16-9-7-8-15(13-16)14-23-20(25)17-10-11-18(21)24-19(17)22/h5-11,13H,2-4,12,14H2,1H3,(H2,22,24)(H,23,25)/b6-5+. The number of aromatic nitrogens is 1. The monoisotopic (exact) mass is 357 g/mol. The molecule has 2 aromatic rings. The highest BCUT2D eigenvalue weighted by Crippen LogP contribution is 2.14. The zero-order valence-corrected chi connectivity index (χ0v) is 14.9. The van der Waals surface area contributed by atoms with E-state index in [0.29, 0.717) is 13.2 Å². The van der Waals surface area contributed by atoms with Crippen molar-refractivity contribution in [3.63, 3.8) is 0 Å². The van der Waals surface area contributed by atoms with Gasteiger partial charge in [-0.2, -0.15) is 4.39 Å². The summed E-state index contributed by atoms with van der Waals surface area (Å²) in [7, 11) is 0. The Kier molecular flexibility index (Phi) is 7.61. The van der Waals surface area contributed by atoms with E-state index in [1.807, 2.05) is 30.3 Å². The molecule has 138 valence electrons. The number of halogens is 1. The number of nitrogens with one attached hydrogen (secondary N) is 1. The van der Waals surface area contributed by atoms with Gasteiger partial charge in [0, 0.05) is 6.54 Å². The van der Waals surface area contributed by atoms with Gasteiger partial charge in [0.2, 0.25) is 5.95 Å². The summed E-state index contributed by atoms with van der Waals surface area (Å²) in [6, 6.07) is 9.91. The molecule has 6 heteroatoms. The number of unbranched alkanes of at least 4 members (excludes halogenated alkanes) is 2. The third kappa shape index (κ3) is 6.20. The number of carbonyl (C=O) groups is 1. The highest BCUT2D eigenvalue weighted by atomic mass is 19.1. The van der Waals surface area contributed by atoms with Crippen LogP contribution < -0.4 is 15.8 Å². The SMILES string of the molecule is CCCC/C=C/COc1cccc(CNC(=O)c2ccc(F)nc2N)c1. The van der Waals surface area contributed by atoms with E-state index in [0.717, 1.165) is 23.8 Å². The Labute approximate surface area is 153 Å². The molecule has 26 heavy (non-hydrogen) atoms. The molecule has 0 atom stereocenters. The van der Waals surface area contributed by atoms with Crippen molar-refractivity contribution in [3.05, 3.63) is 65.6 Å². The smallest absolute Gasteiger partial charge is 0.255 e. The molecule has 1 aromatic carbocycles. The fourth-order valence-electron chi connectivity index (χ4n) is 2.32. The van der Waals surface area contributed by atoms with E-state index in [4.69, 9.17) is 10.5 Å². The number of nitrogens with two attached hydrogens (primary N) is 1. The Balaban J connectivity index is 1.86. The number of pyridine rings is 1. The fourth-order valence-corrected chi connectivity index (χ4v) is 2.32. The number of benzene rings is 1. The van der Waals surface area contributed by atoms with Crippen molar-refractivity contribution in [2.24, 2.45) is 0 Å². The van der Waals surface area contributed by atoms with E-state index >= 15 is 0 Å². The van der Waals surface area contributed by atoms with E-state index in [-0.39, 0.29) is 11.4 Å². The zero-order valence-electron chi connectivity index (χ0n) is 14.9. The molecule has 2 rings (SSSR count). The zero-order chi connectivity index (χ0) is 18.8. The molecule has 0 fully saturated rings. The van der Waals surface area contributed by atoms with Gasteiger partial charge >= 0.3 is 0 Å². The normalized spacial score (nSPS) is 10.8. The Hall–Kier alpha value is -2.89. The van der Waals surface area contributed by atoms with Crippen LogP contribution in [0, 0.1) is 5.95 Å². The number of nitrogen functional groups attached to an aromatic ring is 1. The number of nitrogens with zero attached hydrogens (tertiary/aromatic N) is 1. The summed E-state index contributed by atoms with van der Waals surface area (Å²) in [4.78, 5) is 15.6. The highest BCUT2D eigenvalue weighted by Gasteiger charge is 2.11. The van der Waals surface area contributed by atoms with Gasteiger partial charge in [0.15, 0.2) is 0 Å². The van der Waals surface area contributed by atoms with Gasteiger partial charge in [-0.3, -0.25) is 4.79 Å². The van der Waals surface area contributed by atoms with Crippen LogP contribution in [0.15, 0.2) is 48.6 Å². The highest BCUT2D eigenvalue weighted by molar-refractivity contribution is 5.98. The van der Waals surface area contributed by atoms with E-state index in [9.17, 15) is 9.18 Å². The number of rotatable bonds is 9. The van der Waals surface area contributed by atoms with E-state index in [1.54, 1.807) is 0 Å².